The van der Waals surface area contributed by atoms with Crippen molar-refractivity contribution in [2.24, 2.45) is 5.10 Å². The molecule has 0 saturated carbocycles. The maximum absolute atomic E-state index is 13.7. The molecule has 37 heavy (non-hydrogen) atoms. The van der Waals surface area contributed by atoms with Crippen molar-refractivity contribution in [3.05, 3.63) is 93.6 Å². The summed E-state index contributed by atoms with van der Waals surface area (Å²) < 4.78 is 16.2. The van der Waals surface area contributed by atoms with Crippen LogP contribution in [0, 0.1) is 0 Å². The first-order valence-electron chi connectivity index (χ1n) is 11.5. The molecule has 0 unspecified atom stereocenters. The topological polar surface area (TPSA) is 73.2 Å². The number of aromatic nitrogens is 1. The molecule has 0 spiro atoms. The molecule has 5 rings (SSSR count). The summed E-state index contributed by atoms with van der Waals surface area (Å²) in [5, 5.41) is 7.66. The third kappa shape index (κ3) is 4.68. The molecule has 0 saturated heterocycles. The van der Waals surface area contributed by atoms with Crippen molar-refractivity contribution < 1.29 is 19.0 Å². The molecule has 0 N–H and O–H groups in total. The zero-order valence-electron chi connectivity index (χ0n) is 20.4. The minimum absolute atomic E-state index is 0.295. The van der Waals surface area contributed by atoms with E-state index in [0.717, 1.165) is 16.5 Å². The molecule has 1 atom stereocenters. The second-order valence-electron chi connectivity index (χ2n) is 8.39. The number of hydrazone groups is 1. The fourth-order valence-corrected chi connectivity index (χ4v) is 4.88. The average molecular weight is 536 g/mol. The SMILES string of the molecule is COc1ccc2nc(Cl)c([C@H]3CC(c4ccc(OC)c(OC)c4)=NN3C(=O)c3ccccc3Cl)cc2c1. The molecular formula is C28H23Cl2N3O4. The summed E-state index contributed by atoms with van der Waals surface area (Å²) in [4.78, 5) is 18.3. The Labute approximate surface area is 224 Å². The lowest BCUT2D eigenvalue weighted by Gasteiger charge is -2.23. The first-order valence-corrected chi connectivity index (χ1v) is 12.2. The van der Waals surface area contributed by atoms with Crippen LogP contribution in [0.3, 0.4) is 0 Å². The van der Waals surface area contributed by atoms with Crippen molar-refractivity contribution in [2.75, 3.05) is 21.3 Å². The van der Waals surface area contributed by atoms with E-state index in [2.05, 4.69) is 4.98 Å². The van der Waals surface area contributed by atoms with E-state index in [1.807, 2.05) is 36.4 Å². The number of nitrogens with zero attached hydrogens (tertiary/aromatic N) is 3. The van der Waals surface area contributed by atoms with Crippen molar-refractivity contribution in [3.63, 3.8) is 0 Å². The number of carbonyl (C=O) groups is 1. The summed E-state index contributed by atoms with van der Waals surface area (Å²) in [7, 11) is 4.76. The van der Waals surface area contributed by atoms with Gasteiger partial charge in [0.05, 0.1) is 49.2 Å². The Kier molecular flexibility index (Phi) is 6.91. The normalized spacial score (nSPS) is 15.0. The number of benzene rings is 3. The van der Waals surface area contributed by atoms with E-state index in [-0.39, 0.29) is 5.91 Å². The minimum atomic E-state index is -0.512. The van der Waals surface area contributed by atoms with Crippen molar-refractivity contribution in [2.45, 2.75) is 12.5 Å². The van der Waals surface area contributed by atoms with Crippen molar-refractivity contribution in [3.8, 4) is 17.2 Å². The predicted octanol–water partition coefficient (Wildman–Crippen LogP) is 6.56. The summed E-state index contributed by atoms with van der Waals surface area (Å²) in [6, 6.07) is 19.4. The number of hydrogen-bond donors (Lipinski definition) is 0. The van der Waals surface area contributed by atoms with Crippen LogP contribution in [0.15, 0.2) is 71.8 Å². The molecular weight excluding hydrogens is 513 g/mol. The van der Waals surface area contributed by atoms with E-state index in [0.29, 0.717) is 50.7 Å². The number of halogens is 2. The molecule has 0 aliphatic carbocycles. The number of ether oxygens (including phenoxy) is 3. The van der Waals surface area contributed by atoms with Crippen LogP contribution in [0.1, 0.15) is 33.9 Å². The minimum Gasteiger partial charge on any atom is -0.497 e. The van der Waals surface area contributed by atoms with Gasteiger partial charge in [-0.2, -0.15) is 5.10 Å². The van der Waals surface area contributed by atoms with Crippen LogP contribution in [0.2, 0.25) is 10.2 Å². The van der Waals surface area contributed by atoms with Crippen LogP contribution in [-0.2, 0) is 0 Å². The number of carbonyl (C=O) groups excluding carboxylic acids is 1. The lowest BCUT2D eigenvalue weighted by molar-refractivity contribution is 0.0711. The Morgan fingerprint density at radius 1 is 0.919 bits per heavy atom. The van der Waals surface area contributed by atoms with E-state index >= 15 is 0 Å². The lowest BCUT2D eigenvalue weighted by atomic mass is 9.97. The molecule has 188 valence electrons. The molecule has 9 heteroatoms. The molecule has 0 fully saturated rings. The summed E-state index contributed by atoms with van der Waals surface area (Å²) >= 11 is 13.1. The van der Waals surface area contributed by atoms with Crippen LogP contribution in [-0.4, -0.2) is 42.9 Å². The van der Waals surface area contributed by atoms with Gasteiger partial charge < -0.3 is 14.2 Å². The highest BCUT2D eigenvalue weighted by Gasteiger charge is 2.36. The fraction of sp³-hybridized carbons (Fsp3) is 0.179. The first-order chi connectivity index (χ1) is 17.9. The van der Waals surface area contributed by atoms with Gasteiger partial charge in [0.25, 0.3) is 5.91 Å². The van der Waals surface area contributed by atoms with E-state index in [1.54, 1.807) is 51.7 Å². The van der Waals surface area contributed by atoms with Gasteiger partial charge in [0, 0.05) is 22.9 Å². The standard InChI is InChI=1S/C28H23Cl2N3O4/c1-35-18-9-10-22-17(12-18)13-20(27(30)31-22)24-15-23(16-8-11-25(36-2)26(14-16)37-3)32-33(24)28(34)19-6-4-5-7-21(19)29/h4-14,24H,15H2,1-3H3/t24-/m1/s1. The highest BCUT2D eigenvalue weighted by atomic mass is 35.5. The van der Waals surface area contributed by atoms with Crippen LogP contribution in [0.4, 0.5) is 0 Å². The number of amides is 1. The lowest BCUT2D eigenvalue weighted by Crippen LogP contribution is -2.27. The Balaban J connectivity index is 1.62. The second kappa shape index (κ2) is 10.3. The smallest absolute Gasteiger partial charge is 0.276 e. The second-order valence-corrected chi connectivity index (χ2v) is 9.16. The molecule has 2 heterocycles. The van der Waals surface area contributed by atoms with Gasteiger partial charge in [0.2, 0.25) is 0 Å². The van der Waals surface area contributed by atoms with Crippen LogP contribution < -0.4 is 14.2 Å². The molecule has 4 aromatic rings. The number of pyridine rings is 1. The van der Waals surface area contributed by atoms with E-state index in [4.69, 9.17) is 42.5 Å². The average Bonchev–Trinajstić information content (AvgIpc) is 3.37. The number of fused-ring (bicyclic) bond motifs is 1. The van der Waals surface area contributed by atoms with Crippen LogP contribution in [0.5, 0.6) is 17.2 Å². The Morgan fingerprint density at radius 2 is 1.70 bits per heavy atom. The van der Waals surface area contributed by atoms with Gasteiger partial charge in [0.1, 0.15) is 10.9 Å². The van der Waals surface area contributed by atoms with Crippen molar-refractivity contribution in [1.82, 2.24) is 9.99 Å². The van der Waals surface area contributed by atoms with Crippen molar-refractivity contribution in [1.29, 1.82) is 0 Å². The quantitative estimate of drug-likeness (QED) is 0.261. The number of methoxy groups -OCH3 is 3. The monoisotopic (exact) mass is 535 g/mol. The molecule has 0 bridgehead atoms. The molecule has 1 aromatic heterocycles. The maximum atomic E-state index is 13.7. The van der Waals surface area contributed by atoms with Gasteiger partial charge in [0.15, 0.2) is 11.5 Å². The van der Waals surface area contributed by atoms with E-state index < -0.39 is 6.04 Å². The van der Waals surface area contributed by atoms with Gasteiger partial charge in [-0.05, 0) is 54.6 Å². The predicted molar refractivity (Wildman–Crippen MR) is 144 cm³/mol. The van der Waals surface area contributed by atoms with E-state index in [1.165, 1.54) is 5.01 Å². The highest BCUT2D eigenvalue weighted by Crippen LogP contribution is 2.40. The molecule has 1 aliphatic rings. The van der Waals surface area contributed by atoms with Gasteiger partial charge >= 0.3 is 0 Å². The fourth-order valence-electron chi connectivity index (χ4n) is 4.40. The molecule has 0 radical (unpaired) electrons. The summed E-state index contributed by atoms with van der Waals surface area (Å²) in [5.74, 6) is 1.52. The third-order valence-corrected chi connectivity index (χ3v) is 6.93. The first kappa shape index (κ1) is 24.9. The summed E-state index contributed by atoms with van der Waals surface area (Å²) in [6.07, 6.45) is 0.405. The molecule has 1 amide bonds. The summed E-state index contributed by atoms with van der Waals surface area (Å²) in [6.45, 7) is 0. The number of hydrogen-bond acceptors (Lipinski definition) is 6. The van der Waals surface area contributed by atoms with E-state index in [9.17, 15) is 4.79 Å². The number of rotatable bonds is 6. The summed E-state index contributed by atoms with van der Waals surface area (Å²) in [5.41, 5.74) is 3.22. The largest absolute Gasteiger partial charge is 0.497 e. The van der Waals surface area contributed by atoms with Gasteiger partial charge in [-0.15, -0.1) is 0 Å². The Morgan fingerprint density at radius 3 is 2.43 bits per heavy atom. The van der Waals surface area contributed by atoms with Gasteiger partial charge in [-0.25, -0.2) is 9.99 Å². The van der Waals surface area contributed by atoms with Crippen molar-refractivity contribution >= 4 is 45.7 Å². The highest BCUT2D eigenvalue weighted by molar-refractivity contribution is 6.34. The Hall–Kier alpha value is -3.81. The zero-order chi connectivity index (χ0) is 26.1. The zero-order valence-corrected chi connectivity index (χ0v) is 21.9. The maximum Gasteiger partial charge on any atom is 0.276 e. The van der Waals surface area contributed by atoms with Gasteiger partial charge in [-0.3, -0.25) is 4.79 Å². The molecule has 7 nitrogen and oxygen atoms in total. The Bertz CT molecular complexity index is 1540. The molecule has 3 aromatic carbocycles. The van der Waals surface area contributed by atoms with Crippen LogP contribution in [0.25, 0.3) is 10.9 Å². The third-order valence-electron chi connectivity index (χ3n) is 6.30. The van der Waals surface area contributed by atoms with Crippen LogP contribution >= 0.6 is 23.2 Å². The molecule has 1 aliphatic heterocycles. The van der Waals surface area contributed by atoms with Gasteiger partial charge in [-0.1, -0.05) is 35.3 Å².